The Hall–Kier alpha value is -1.83. The van der Waals surface area contributed by atoms with Crippen LogP contribution in [0.2, 0.25) is 0 Å². The Morgan fingerprint density at radius 3 is 2.84 bits per heavy atom. The second-order valence-corrected chi connectivity index (χ2v) is 4.30. The molecule has 1 aliphatic heterocycles. The first-order valence-electron chi connectivity index (χ1n) is 5.83. The van der Waals surface area contributed by atoms with Crippen LogP contribution in [0, 0.1) is 11.3 Å². The predicted octanol–water partition coefficient (Wildman–Crippen LogP) is 2.20. The zero-order valence-electron chi connectivity index (χ0n) is 10.4. The number of halogens is 1. The summed E-state index contributed by atoms with van der Waals surface area (Å²) in [6.07, 6.45) is 2.52. The summed E-state index contributed by atoms with van der Waals surface area (Å²) in [5.41, 5.74) is 2.05. The molecule has 1 aromatic rings. The molecule has 0 fully saturated rings. The van der Waals surface area contributed by atoms with E-state index in [2.05, 4.69) is 11.0 Å². The Kier molecular flexibility index (Phi) is 5.56. The number of carbonyl (C=O) groups is 1. The van der Waals surface area contributed by atoms with Crippen LogP contribution >= 0.6 is 12.4 Å². The van der Waals surface area contributed by atoms with Gasteiger partial charge in [-0.2, -0.15) is 5.26 Å². The van der Waals surface area contributed by atoms with Gasteiger partial charge in [-0.15, -0.1) is 12.4 Å². The highest BCUT2D eigenvalue weighted by atomic mass is 35.5. The molecule has 0 radical (unpaired) electrons. The summed E-state index contributed by atoms with van der Waals surface area (Å²) in [6, 6.07) is 9.59. The summed E-state index contributed by atoms with van der Waals surface area (Å²) in [5.74, 6) is -0.853. The van der Waals surface area contributed by atoms with Crippen LogP contribution in [0.1, 0.15) is 17.5 Å². The van der Waals surface area contributed by atoms with E-state index in [9.17, 15) is 4.79 Å². The zero-order chi connectivity index (χ0) is 13.0. The average molecular weight is 279 g/mol. The Morgan fingerprint density at radius 2 is 2.16 bits per heavy atom. The molecule has 19 heavy (non-hydrogen) atoms. The van der Waals surface area contributed by atoms with Crippen molar-refractivity contribution in [1.29, 1.82) is 5.26 Å². The summed E-state index contributed by atoms with van der Waals surface area (Å²) in [5, 5.41) is 18.0. The van der Waals surface area contributed by atoms with E-state index in [0.29, 0.717) is 24.2 Å². The van der Waals surface area contributed by atoms with Gasteiger partial charge in [0.15, 0.2) is 0 Å². The van der Waals surface area contributed by atoms with Gasteiger partial charge in [-0.3, -0.25) is 4.90 Å². The second kappa shape index (κ2) is 6.93. The number of nitriles is 1. The van der Waals surface area contributed by atoms with Gasteiger partial charge in [0.1, 0.15) is 0 Å². The SMILES string of the molecule is Cl.N#Cc1ccccc1CN1CCC=C(C(=O)O)C1. The summed E-state index contributed by atoms with van der Waals surface area (Å²) >= 11 is 0. The molecule has 1 aliphatic rings. The summed E-state index contributed by atoms with van der Waals surface area (Å²) in [6.45, 7) is 1.89. The van der Waals surface area contributed by atoms with Crippen LogP contribution < -0.4 is 0 Å². The van der Waals surface area contributed by atoms with Gasteiger partial charge in [0.25, 0.3) is 0 Å². The molecule has 5 heteroatoms. The van der Waals surface area contributed by atoms with E-state index < -0.39 is 5.97 Å². The average Bonchev–Trinajstić information content (AvgIpc) is 2.39. The minimum Gasteiger partial charge on any atom is -0.478 e. The standard InChI is InChI=1S/C14H14N2O2.ClH/c15-8-11-4-1-2-5-12(11)9-16-7-3-6-13(10-16)14(17)18;/h1-2,4-6H,3,7,9-10H2,(H,17,18);1H. The van der Waals surface area contributed by atoms with Crippen molar-refractivity contribution in [3.63, 3.8) is 0 Å². The van der Waals surface area contributed by atoms with Gasteiger partial charge in [0.05, 0.1) is 11.6 Å². The lowest BCUT2D eigenvalue weighted by Crippen LogP contribution is -2.32. The minimum absolute atomic E-state index is 0. The van der Waals surface area contributed by atoms with Crippen LogP contribution in [-0.4, -0.2) is 29.1 Å². The minimum atomic E-state index is -0.853. The topological polar surface area (TPSA) is 64.3 Å². The first-order chi connectivity index (χ1) is 8.70. The van der Waals surface area contributed by atoms with Crippen molar-refractivity contribution >= 4 is 18.4 Å². The Balaban J connectivity index is 0.00000180. The molecule has 0 unspecified atom stereocenters. The smallest absolute Gasteiger partial charge is 0.332 e. The number of carboxylic acid groups (broad SMARTS) is 1. The van der Waals surface area contributed by atoms with Gasteiger partial charge in [-0.25, -0.2) is 4.79 Å². The van der Waals surface area contributed by atoms with Gasteiger partial charge < -0.3 is 5.11 Å². The molecule has 0 spiro atoms. The van der Waals surface area contributed by atoms with Crippen molar-refractivity contribution in [2.45, 2.75) is 13.0 Å². The molecular formula is C14H15ClN2O2. The molecule has 4 nitrogen and oxygen atoms in total. The highest BCUT2D eigenvalue weighted by Crippen LogP contribution is 2.15. The number of benzene rings is 1. The van der Waals surface area contributed by atoms with E-state index in [1.54, 1.807) is 12.1 Å². The number of hydrogen-bond acceptors (Lipinski definition) is 3. The molecule has 0 aliphatic carbocycles. The molecule has 2 rings (SSSR count). The predicted molar refractivity (Wildman–Crippen MR) is 74.0 cm³/mol. The van der Waals surface area contributed by atoms with Crippen LogP contribution in [0.4, 0.5) is 0 Å². The molecule has 1 aromatic carbocycles. The van der Waals surface area contributed by atoms with Crippen molar-refractivity contribution in [1.82, 2.24) is 4.90 Å². The molecule has 0 amide bonds. The van der Waals surface area contributed by atoms with Crippen molar-refractivity contribution < 1.29 is 9.90 Å². The third kappa shape index (κ3) is 3.82. The zero-order valence-corrected chi connectivity index (χ0v) is 11.2. The Morgan fingerprint density at radius 1 is 1.42 bits per heavy atom. The molecule has 1 heterocycles. The third-order valence-corrected chi connectivity index (χ3v) is 3.04. The Labute approximate surface area is 118 Å². The van der Waals surface area contributed by atoms with Crippen molar-refractivity contribution in [2.75, 3.05) is 13.1 Å². The molecule has 0 saturated heterocycles. The van der Waals surface area contributed by atoms with Gasteiger partial charge in [-0.1, -0.05) is 24.3 Å². The van der Waals surface area contributed by atoms with Crippen LogP contribution in [0.25, 0.3) is 0 Å². The van der Waals surface area contributed by atoms with Crippen LogP contribution in [0.3, 0.4) is 0 Å². The van der Waals surface area contributed by atoms with Gasteiger partial charge in [-0.05, 0) is 18.1 Å². The highest BCUT2D eigenvalue weighted by molar-refractivity contribution is 5.87. The van der Waals surface area contributed by atoms with Crippen molar-refractivity contribution in [3.8, 4) is 6.07 Å². The van der Waals surface area contributed by atoms with E-state index in [1.807, 2.05) is 18.2 Å². The van der Waals surface area contributed by atoms with Crippen molar-refractivity contribution in [3.05, 3.63) is 47.0 Å². The lowest BCUT2D eigenvalue weighted by molar-refractivity contribution is -0.133. The number of aliphatic carboxylic acids is 1. The van der Waals surface area contributed by atoms with E-state index in [1.165, 1.54) is 0 Å². The fourth-order valence-corrected chi connectivity index (χ4v) is 2.10. The maximum Gasteiger partial charge on any atom is 0.332 e. The fraction of sp³-hybridized carbons (Fsp3) is 0.286. The Bertz CT molecular complexity index is 534. The van der Waals surface area contributed by atoms with Gasteiger partial charge >= 0.3 is 5.97 Å². The van der Waals surface area contributed by atoms with Crippen LogP contribution in [-0.2, 0) is 11.3 Å². The third-order valence-electron chi connectivity index (χ3n) is 3.04. The highest BCUT2D eigenvalue weighted by Gasteiger charge is 2.18. The van der Waals surface area contributed by atoms with Crippen molar-refractivity contribution in [2.24, 2.45) is 0 Å². The fourth-order valence-electron chi connectivity index (χ4n) is 2.10. The molecule has 0 atom stereocenters. The molecule has 1 N–H and O–H groups in total. The number of rotatable bonds is 3. The maximum absolute atomic E-state index is 10.9. The van der Waals surface area contributed by atoms with E-state index in [-0.39, 0.29) is 12.4 Å². The normalized spacial score (nSPS) is 15.0. The lowest BCUT2D eigenvalue weighted by atomic mass is 10.1. The number of hydrogen-bond donors (Lipinski definition) is 1. The number of carboxylic acids is 1. The lowest BCUT2D eigenvalue weighted by Gasteiger charge is -2.26. The van der Waals surface area contributed by atoms with E-state index in [4.69, 9.17) is 10.4 Å². The second-order valence-electron chi connectivity index (χ2n) is 4.30. The number of nitrogens with zero attached hydrogens (tertiary/aromatic N) is 2. The van der Waals surface area contributed by atoms with Gasteiger partial charge in [0.2, 0.25) is 0 Å². The first kappa shape index (κ1) is 15.2. The first-order valence-corrected chi connectivity index (χ1v) is 5.83. The van der Waals surface area contributed by atoms with E-state index in [0.717, 1.165) is 18.5 Å². The molecular weight excluding hydrogens is 264 g/mol. The van der Waals surface area contributed by atoms with Crippen LogP contribution in [0.5, 0.6) is 0 Å². The molecule has 0 saturated carbocycles. The summed E-state index contributed by atoms with van der Waals surface area (Å²) in [7, 11) is 0. The molecule has 100 valence electrons. The van der Waals surface area contributed by atoms with E-state index >= 15 is 0 Å². The largest absolute Gasteiger partial charge is 0.478 e. The summed E-state index contributed by atoms with van der Waals surface area (Å²) in [4.78, 5) is 13.0. The van der Waals surface area contributed by atoms with Crippen LogP contribution in [0.15, 0.2) is 35.9 Å². The molecule has 0 bridgehead atoms. The maximum atomic E-state index is 10.9. The van der Waals surface area contributed by atoms with Gasteiger partial charge in [0, 0.05) is 25.2 Å². The monoisotopic (exact) mass is 278 g/mol. The molecule has 0 aromatic heterocycles. The summed E-state index contributed by atoms with van der Waals surface area (Å²) < 4.78 is 0. The quantitative estimate of drug-likeness (QED) is 0.921.